The first-order valence-electron chi connectivity index (χ1n) is 7.31. The number of rotatable bonds is 5. The van der Waals surface area contributed by atoms with E-state index in [1.807, 2.05) is 12.1 Å². The van der Waals surface area contributed by atoms with Gasteiger partial charge in [0.1, 0.15) is 0 Å². The molecule has 1 saturated heterocycles. The molecule has 112 valence electrons. The van der Waals surface area contributed by atoms with Crippen LogP contribution >= 0.6 is 0 Å². The summed E-state index contributed by atoms with van der Waals surface area (Å²) in [5.74, 6) is 0. The van der Waals surface area contributed by atoms with Gasteiger partial charge in [-0.05, 0) is 31.0 Å². The van der Waals surface area contributed by atoms with E-state index in [-0.39, 0.29) is 30.8 Å². The van der Waals surface area contributed by atoms with E-state index in [4.69, 9.17) is 10.5 Å². The Hall–Kier alpha value is -1.01. The summed E-state index contributed by atoms with van der Waals surface area (Å²) in [6.07, 6.45) is 4.39. The Labute approximate surface area is 120 Å². The van der Waals surface area contributed by atoms with Crippen molar-refractivity contribution < 1.29 is 9.84 Å². The molecule has 1 aliphatic heterocycles. The molecule has 5 nitrogen and oxygen atoms in total. The highest BCUT2D eigenvalue weighted by Gasteiger charge is 2.34. The van der Waals surface area contributed by atoms with Gasteiger partial charge in [0.2, 0.25) is 0 Å². The lowest BCUT2D eigenvalue weighted by Crippen LogP contribution is -2.54. The number of nitrogens with two attached hydrogens (primary N) is 1. The summed E-state index contributed by atoms with van der Waals surface area (Å²) >= 11 is 0. The minimum absolute atomic E-state index is 0.0493. The van der Waals surface area contributed by atoms with Crippen molar-refractivity contribution >= 4 is 0 Å². The maximum Gasteiger partial charge on any atom is 0.0933 e. The third-order valence-electron chi connectivity index (χ3n) is 4.04. The Kier molecular flexibility index (Phi) is 5.48. The predicted octanol–water partition coefficient (Wildman–Crippen LogP) is 0.942. The number of aliphatic hydroxyl groups excluding tert-OH is 1. The second-order valence-corrected chi connectivity index (χ2v) is 5.48. The Morgan fingerprint density at radius 2 is 2.20 bits per heavy atom. The molecule has 1 aromatic heterocycles. The van der Waals surface area contributed by atoms with Crippen LogP contribution in [0.1, 0.15) is 31.9 Å². The van der Waals surface area contributed by atoms with E-state index in [0.717, 1.165) is 6.42 Å². The maximum absolute atomic E-state index is 9.35. The Balaban J connectivity index is 2.25. The van der Waals surface area contributed by atoms with Gasteiger partial charge in [-0.2, -0.15) is 0 Å². The summed E-state index contributed by atoms with van der Waals surface area (Å²) in [5.41, 5.74) is 7.54. The third kappa shape index (κ3) is 3.35. The van der Waals surface area contributed by atoms with Crippen LogP contribution in [-0.4, -0.2) is 52.9 Å². The molecule has 5 heteroatoms. The van der Waals surface area contributed by atoms with Crippen molar-refractivity contribution in [3.8, 4) is 0 Å². The highest BCUT2D eigenvalue weighted by molar-refractivity contribution is 5.18. The van der Waals surface area contributed by atoms with Gasteiger partial charge in [0.15, 0.2) is 0 Å². The van der Waals surface area contributed by atoms with Gasteiger partial charge in [0.25, 0.3) is 0 Å². The van der Waals surface area contributed by atoms with Gasteiger partial charge in [-0.3, -0.25) is 9.88 Å². The number of aromatic nitrogens is 1. The first kappa shape index (κ1) is 15.4. The van der Waals surface area contributed by atoms with Crippen molar-refractivity contribution in [3.63, 3.8) is 0 Å². The SMILES string of the molecule is CCC(N)C(c1ccncc1)N1CC(CO)OCC1C. The van der Waals surface area contributed by atoms with Crippen LogP contribution < -0.4 is 5.73 Å². The van der Waals surface area contributed by atoms with Gasteiger partial charge < -0.3 is 15.6 Å². The number of nitrogens with zero attached hydrogens (tertiary/aromatic N) is 2. The fraction of sp³-hybridized carbons (Fsp3) is 0.667. The summed E-state index contributed by atoms with van der Waals surface area (Å²) in [7, 11) is 0. The molecule has 0 spiro atoms. The van der Waals surface area contributed by atoms with E-state index in [0.29, 0.717) is 13.2 Å². The number of morpholine rings is 1. The number of aliphatic hydroxyl groups is 1. The van der Waals surface area contributed by atoms with Crippen LogP contribution in [0.15, 0.2) is 24.5 Å². The fourth-order valence-corrected chi connectivity index (χ4v) is 2.81. The smallest absolute Gasteiger partial charge is 0.0933 e. The van der Waals surface area contributed by atoms with Crippen LogP contribution in [0.3, 0.4) is 0 Å². The van der Waals surface area contributed by atoms with E-state index >= 15 is 0 Å². The summed E-state index contributed by atoms with van der Waals surface area (Å²) in [5, 5.41) is 9.35. The van der Waals surface area contributed by atoms with Crippen LogP contribution in [0.5, 0.6) is 0 Å². The van der Waals surface area contributed by atoms with Gasteiger partial charge in [-0.15, -0.1) is 0 Å². The van der Waals surface area contributed by atoms with Gasteiger partial charge >= 0.3 is 0 Å². The summed E-state index contributed by atoms with van der Waals surface area (Å²) < 4.78 is 5.62. The van der Waals surface area contributed by atoms with Crippen molar-refractivity contribution in [2.45, 2.75) is 44.5 Å². The first-order chi connectivity index (χ1) is 9.67. The molecule has 0 bridgehead atoms. The number of ether oxygens (including phenoxy) is 1. The number of hydrogen-bond acceptors (Lipinski definition) is 5. The molecule has 2 rings (SSSR count). The quantitative estimate of drug-likeness (QED) is 0.839. The molecule has 0 saturated carbocycles. The lowest BCUT2D eigenvalue weighted by atomic mass is 9.95. The monoisotopic (exact) mass is 279 g/mol. The van der Waals surface area contributed by atoms with Crippen molar-refractivity contribution in [1.82, 2.24) is 9.88 Å². The Morgan fingerprint density at radius 3 is 2.80 bits per heavy atom. The topological polar surface area (TPSA) is 71.6 Å². The molecule has 1 aliphatic rings. The molecule has 0 radical (unpaired) electrons. The number of hydrogen-bond donors (Lipinski definition) is 2. The van der Waals surface area contributed by atoms with Gasteiger partial charge in [-0.25, -0.2) is 0 Å². The average molecular weight is 279 g/mol. The van der Waals surface area contributed by atoms with E-state index < -0.39 is 0 Å². The van der Waals surface area contributed by atoms with Crippen LogP contribution in [0.25, 0.3) is 0 Å². The van der Waals surface area contributed by atoms with Crippen LogP contribution in [0, 0.1) is 0 Å². The zero-order valence-electron chi connectivity index (χ0n) is 12.3. The third-order valence-corrected chi connectivity index (χ3v) is 4.04. The molecule has 2 heterocycles. The number of pyridine rings is 1. The van der Waals surface area contributed by atoms with Gasteiger partial charge in [-0.1, -0.05) is 6.92 Å². The highest BCUT2D eigenvalue weighted by Crippen LogP contribution is 2.29. The van der Waals surface area contributed by atoms with E-state index in [1.54, 1.807) is 12.4 Å². The zero-order chi connectivity index (χ0) is 14.5. The largest absolute Gasteiger partial charge is 0.394 e. The Bertz CT molecular complexity index is 401. The summed E-state index contributed by atoms with van der Waals surface area (Å²) in [4.78, 5) is 6.44. The van der Waals surface area contributed by atoms with Crippen molar-refractivity contribution in [3.05, 3.63) is 30.1 Å². The van der Waals surface area contributed by atoms with Gasteiger partial charge in [0.05, 0.1) is 25.4 Å². The molecule has 1 aromatic rings. The highest BCUT2D eigenvalue weighted by atomic mass is 16.5. The minimum atomic E-state index is -0.125. The molecular formula is C15H25N3O2. The van der Waals surface area contributed by atoms with Crippen molar-refractivity contribution in [1.29, 1.82) is 0 Å². The molecule has 0 amide bonds. The molecular weight excluding hydrogens is 254 g/mol. The molecule has 4 atom stereocenters. The molecule has 20 heavy (non-hydrogen) atoms. The average Bonchev–Trinajstić information content (AvgIpc) is 2.50. The zero-order valence-corrected chi connectivity index (χ0v) is 12.3. The van der Waals surface area contributed by atoms with Crippen molar-refractivity contribution in [2.24, 2.45) is 5.73 Å². The fourth-order valence-electron chi connectivity index (χ4n) is 2.81. The van der Waals surface area contributed by atoms with E-state index in [9.17, 15) is 5.11 Å². The van der Waals surface area contributed by atoms with Crippen LogP contribution in [0.2, 0.25) is 0 Å². The summed E-state index contributed by atoms with van der Waals surface area (Å²) in [6, 6.07) is 4.52. The predicted molar refractivity (Wildman–Crippen MR) is 78.2 cm³/mol. The van der Waals surface area contributed by atoms with Gasteiger partial charge in [0, 0.05) is 31.0 Å². The molecule has 0 aromatic carbocycles. The molecule has 1 fully saturated rings. The second kappa shape index (κ2) is 7.13. The standard InChI is InChI=1S/C15H25N3O2/c1-3-14(16)15(12-4-6-17-7-5-12)18-8-13(9-19)20-10-11(18)2/h4-7,11,13-15,19H,3,8-10,16H2,1-2H3. The lowest BCUT2D eigenvalue weighted by Gasteiger charge is -2.44. The van der Waals surface area contributed by atoms with Crippen LogP contribution in [0.4, 0.5) is 0 Å². The Morgan fingerprint density at radius 1 is 1.50 bits per heavy atom. The molecule has 0 aliphatic carbocycles. The molecule has 3 N–H and O–H groups in total. The summed E-state index contributed by atoms with van der Waals surface area (Å²) in [6.45, 7) is 5.63. The van der Waals surface area contributed by atoms with Crippen LogP contribution in [-0.2, 0) is 4.74 Å². The molecule has 4 unspecified atom stereocenters. The maximum atomic E-state index is 9.35. The van der Waals surface area contributed by atoms with E-state index in [1.165, 1.54) is 5.56 Å². The minimum Gasteiger partial charge on any atom is -0.394 e. The second-order valence-electron chi connectivity index (χ2n) is 5.48. The van der Waals surface area contributed by atoms with Crippen molar-refractivity contribution in [2.75, 3.05) is 19.8 Å². The van der Waals surface area contributed by atoms with E-state index in [2.05, 4.69) is 23.7 Å². The normalized spacial score (nSPS) is 27.2. The lowest BCUT2D eigenvalue weighted by molar-refractivity contribution is -0.0948. The first-order valence-corrected chi connectivity index (χ1v) is 7.31.